The van der Waals surface area contributed by atoms with Gasteiger partial charge in [0.1, 0.15) is 0 Å². The average molecular weight is 164 g/mol. The van der Waals surface area contributed by atoms with Crippen molar-refractivity contribution in [2.75, 3.05) is 6.61 Å². The Hall–Kier alpha value is -1.23. The van der Waals surface area contributed by atoms with Gasteiger partial charge in [0.25, 0.3) is 0 Å². The summed E-state index contributed by atoms with van der Waals surface area (Å²) in [6.07, 6.45) is 9.73. The van der Waals surface area contributed by atoms with Crippen LogP contribution in [0.5, 0.6) is 0 Å². The van der Waals surface area contributed by atoms with Gasteiger partial charge in [-0.3, -0.25) is 4.79 Å². The molecule has 2 heteroatoms. The van der Waals surface area contributed by atoms with Gasteiger partial charge in [-0.15, -0.1) is 6.42 Å². The van der Waals surface area contributed by atoms with Crippen molar-refractivity contribution in [1.82, 2.24) is 0 Å². The predicted molar refractivity (Wildman–Crippen MR) is 46.2 cm³/mol. The topological polar surface area (TPSA) is 26.3 Å². The molecular weight excluding hydrogens is 152 g/mol. The van der Waals surface area contributed by atoms with Crippen molar-refractivity contribution in [3.8, 4) is 12.3 Å². The first-order valence-electron chi connectivity index (χ1n) is 4.02. The lowest BCUT2D eigenvalue weighted by Crippen LogP contribution is -2.14. The number of hydrogen-bond acceptors (Lipinski definition) is 2. The van der Waals surface area contributed by atoms with Crippen molar-refractivity contribution < 1.29 is 9.53 Å². The number of carbonyl (C=O) groups is 1. The third-order valence-corrected chi connectivity index (χ3v) is 1.90. The largest absolute Gasteiger partial charge is 0.452 e. The molecule has 1 rings (SSSR count). The molecular formula is C10H12O2. The summed E-state index contributed by atoms with van der Waals surface area (Å²) in [5.74, 6) is 2.47. The first-order chi connectivity index (χ1) is 5.74. The van der Waals surface area contributed by atoms with Gasteiger partial charge in [-0.2, -0.15) is 0 Å². The summed E-state index contributed by atoms with van der Waals surface area (Å²) in [5.41, 5.74) is 0. The third-order valence-electron chi connectivity index (χ3n) is 1.90. The Morgan fingerprint density at radius 2 is 2.50 bits per heavy atom. The quantitative estimate of drug-likeness (QED) is 0.350. The van der Waals surface area contributed by atoms with Crippen LogP contribution in [-0.2, 0) is 9.53 Å². The molecule has 0 saturated carbocycles. The van der Waals surface area contributed by atoms with Gasteiger partial charge < -0.3 is 4.74 Å². The molecule has 0 N–H and O–H groups in total. The van der Waals surface area contributed by atoms with Gasteiger partial charge in [-0.25, -0.2) is 0 Å². The molecule has 0 aromatic heterocycles. The normalized spacial score (nSPS) is 26.7. The zero-order valence-corrected chi connectivity index (χ0v) is 7.12. The Morgan fingerprint density at radius 3 is 3.00 bits per heavy atom. The molecule has 0 heterocycles. The van der Waals surface area contributed by atoms with Crippen LogP contribution in [0.1, 0.15) is 13.3 Å². The maximum Gasteiger partial charge on any atom is 0.313 e. The lowest BCUT2D eigenvalue weighted by Gasteiger charge is -2.06. The molecule has 0 radical (unpaired) electrons. The lowest BCUT2D eigenvalue weighted by molar-refractivity contribution is -0.145. The van der Waals surface area contributed by atoms with E-state index < -0.39 is 0 Å². The molecule has 2 atom stereocenters. The molecule has 0 aliphatic heterocycles. The number of terminal acetylenes is 1. The summed E-state index contributed by atoms with van der Waals surface area (Å²) in [4.78, 5) is 11.2. The van der Waals surface area contributed by atoms with Crippen molar-refractivity contribution >= 4 is 5.97 Å². The molecule has 0 aromatic rings. The summed E-state index contributed by atoms with van der Waals surface area (Å²) in [5, 5.41) is 0. The van der Waals surface area contributed by atoms with Crippen molar-refractivity contribution in [2.45, 2.75) is 13.3 Å². The van der Waals surface area contributed by atoms with Gasteiger partial charge in [0.05, 0.1) is 5.92 Å². The summed E-state index contributed by atoms with van der Waals surface area (Å²) in [6.45, 7) is 2.16. The fraction of sp³-hybridized carbons (Fsp3) is 0.500. The Morgan fingerprint density at radius 1 is 1.75 bits per heavy atom. The van der Waals surface area contributed by atoms with Crippen molar-refractivity contribution in [1.29, 1.82) is 0 Å². The second-order valence-electron chi connectivity index (χ2n) is 3.02. The van der Waals surface area contributed by atoms with E-state index in [0.29, 0.717) is 5.92 Å². The average Bonchev–Trinajstić information content (AvgIpc) is 2.47. The number of hydrogen-bond donors (Lipinski definition) is 0. The number of allylic oxidation sites excluding steroid dienone is 1. The van der Waals surface area contributed by atoms with E-state index in [-0.39, 0.29) is 18.5 Å². The number of esters is 1. The minimum absolute atomic E-state index is 0.0756. The summed E-state index contributed by atoms with van der Waals surface area (Å²) in [7, 11) is 0. The van der Waals surface area contributed by atoms with E-state index in [1.807, 2.05) is 12.2 Å². The van der Waals surface area contributed by atoms with Crippen molar-refractivity contribution in [3.05, 3.63) is 12.2 Å². The molecule has 0 fully saturated rings. The van der Waals surface area contributed by atoms with Crippen LogP contribution in [-0.4, -0.2) is 12.6 Å². The predicted octanol–water partition coefficient (Wildman–Crippen LogP) is 1.38. The molecule has 1 aliphatic carbocycles. The molecule has 1 aliphatic rings. The molecule has 0 spiro atoms. The van der Waals surface area contributed by atoms with Gasteiger partial charge in [-0.1, -0.05) is 25.0 Å². The Bertz CT molecular complexity index is 235. The standard InChI is InChI=1S/C10H12O2/c1-3-6-12-10(11)9-5-4-8(2)7-9/h1,4-5,8-9H,6-7H2,2H3/t8-,9+/m0/s1. The molecule has 0 unspecified atom stereocenters. The van der Waals surface area contributed by atoms with Crippen LogP contribution in [0.15, 0.2) is 12.2 Å². The van der Waals surface area contributed by atoms with Gasteiger partial charge >= 0.3 is 5.97 Å². The highest BCUT2D eigenvalue weighted by molar-refractivity contribution is 5.75. The molecule has 64 valence electrons. The van der Waals surface area contributed by atoms with Crippen molar-refractivity contribution in [3.63, 3.8) is 0 Å². The van der Waals surface area contributed by atoms with Crippen LogP contribution in [0.25, 0.3) is 0 Å². The minimum Gasteiger partial charge on any atom is -0.452 e. The summed E-state index contributed by atoms with van der Waals surface area (Å²) >= 11 is 0. The van der Waals surface area contributed by atoms with Crippen molar-refractivity contribution in [2.24, 2.45) is 11.8 Å². The highest BCUT2D eigenvalue weighted by Crippen LogP contribution is 2.23. The molecule has 12 heavy (non-hydrogen) atoms. The van der Waals surface area contributed by atoms with Gasteiger partial charge in [0.15, 0.2) is 6.61 Å². The smallest absolute Gasteiger partial charge is 0.313 e. The van der Waals surface area contributed by atoms with E-state index in [1.54, 1.807) is 0 Å². The van der Waals surface area contributed by atoms with Gasteiger partial charge in [0, 0.05) is 0 Å². The molecule has 0 bridgehead atoms. The van der Waals surface area contributed by atoms with E-state index in [9.17, 15) is 4.79 Å². The van der Waals surface area contributed by atoms with Crippen LogP contribution in [0.2, 0.25) is 0 Å². The number of rotatable bonds is 2. The lowest BCUT2D eigenvalue weighted by atomic mass is 10.1. The fourth-order valence-electron chi connectivity index (χ4n) is 1.28. The van der Waals surface area contributed by atoms with Crippen LogP contribution >= 0.6 is 0 Å². The Kier molecular flexibility index (Phi) is 2.93. The third kappa shape index (κ3) is 2.13. The molecule has 2 nitrogen and oxygen atoms in total. The van der Waals surface area contributed by atoms with Crippen LogP contribution < -0.4 is 0 Å². The highest BCUT2D eigenvalue weighted by atomic mass is 16.5. The van der Waals surface area contributed by atoms with Gasteiger partial charge in [-0.05, 0) is 12.3 Å². The maximum atomic E-state index is 11.2. The zero-order chi connectivity index (χ0) is 8.97. The number of carbonyl (C=O) groups excluding carboxylic acids is 1. The SMILES string of the molecule is C#CCOC(=O)[C@@H]1C=C[C@H](C)C1. The van der Waals surface area contributed by atoms with E-state index >= 15 is 0 Å². The van der Waals surface area contributed by atoms with E-state index in [4.69, 9.17) is 11.2 Å². The van der Waals surface area contributed by atoms with Crippen LogP contribution in [0, 0.1) is 24.2 Å². The van der Waals surface area contributed by atoms with E-state index in [0.717, 1.165) is 6.42 Å². The van der Waals surface area contributed by atoms with E-state index in [1.165, 1.54) is 0 Å². The number of ether oxygens (including phenoxy) is 1. The minimum atomic E-state index is -0.200. The Balaban J connectivity index is 2.35. The molecule has 0 aromatic carbocycles. The van der Waals surface area contributed by atoms with Gasteiger partial charge in [0.2, 0.25) is 0 Å². The van der Waals surface area contributed by atoms with Crippen LogP contribution in [0.4, 0.5) is 0 Å². The fourth-order valence-corrected chi connectivity index (χ4v) is 1.28. The monoisotopic (exact) mass is 164 g/mol. The molecule has 0 saturated heterocycles. The van der Waals surface area contributed by atoms with E-state index in [2.05, 4.69) is 12.8 Å². The highest BCUT2D eigenvalue weighted by Gasteiger charge is 2.23. The Labute approximate surface area is 72.6 Å². The summed E-state index contributed by atoms with van der Waals surface area (Å²) < 4.78 is 4.80. The zero-order valence-electron chi connectivity index (χ0n) is 7.12. The summed E-state index contributed by atoms with van der Waals surface area (Å²) in [6, 6.07) is 0. The second kappa shape index (κ2) is 3.96. The second-order valence-corrected chi connectivity index (χ2v) is 3.02. The molecule has 0 amide bonds. The maximum absolute atomic E-state index is 11.2. The first-order valence-corrected chi connectivity index (χ1v) is 4.02. The van der Waals surface area contributed by atoms with Crippen LogP contribution in [0.3, 0.4) is 0 Å². The first kappa shape index (κ1) is 8.86.